The third kappa shape index (κ3) is 4.06. The number of hydrogen-bond donors (Lipinski definition) is 0. The summed E-state index contributed by atoms with van der Waals surface area (Å²) in [6, 6.07) is 63.3. The minimum atomic E-state index is 0.908. The van der Waals surface area contributed by atoms with Crippen molar-refractivity contribution in [2.75, 3.05) is 0 Å². The maximum Gasteiger partial charge on any atom is 0.143 e. The molecule has 0 unspecified atom stereocenters. The standard InChI is InChI=1S/C46H29NO/c1-2-13-31-28-32(25-24-30(31)12-1)33-26-27-44-41(29-33)37-17-6-9-22-43(37)47(44)42-21-8-5-16-36(42)34-14-3-4-15-35(34)39-19-11-20-40-38-18-7-10-23-45(38)48-46(39)40/h1-29H. The van der Waals surface area contributed by atoms with Crippen LogP contribution in [0.25, 0.3) is 93.6 Å². The molecule has 0 aliphatic rings. The number of furan rings is 1. The van der Waals surface area contributed by atoms with Gasteiger partial charge < -0.3 is 8.98 Å². The van der Waals surface area contributed by atoms with E-state index in [0.29, 0.717) is 0 Å². The SMILES string of the molecule is c1ccc(-c2cccc3c2oc2ccccc23)c(-c2ccccc2-n2c3ccccc3c3cc(-c4ccc5ccccc5c4)ccc32)c1. The predicted molar refractivity (Wildman–Crippen MR) is 202 cm³/mol. The highest BCUT2D eigenvalue weighted by Gasteiger charge is 2.20. The van der Waals surface area contributed by atoms with Crippen LogP contribution in [-0.4, -0.2) is 4.57 Å². The van der Waals surface area contributed by atoms with Gasteiger partial charge in [-0.3, -0.25) is 0 Å². The normalized spacial score (nSPS) is 11.8. The summed E-state index contributed by atoms with van der Waals surface area (Å²) < 4.78 is 8.95. The lowest BCUT2D eigenvalue weighted by Gasteiger charge is -2.17. The van der Waals surface area contributed by atoms with E-state index >= 15 is 0 Å². The van der Waals surface area contributed by atoms with Gasteiger partial charge in [-0.15, -0.1) is 0 Å². The van der Waals surface area contributed by atoms with E-state index < -0.39 is 0 Å². The summed E-state index contributed by atoms with van der Waals surface area (Å²) in [5.41, 5.74) is 12.4. The van der Waals surface area contributed by atoms with Crippen molar-refractivity contribution in [2.24, 2.45) is 0 Å². The molecule has 0 saturated heterocycles. The molecule has 10 rings (SSSR count). The van der Waals surface area contributed by atoms with Crippen molar-refractivity contribution < 1.29 is 4.42 Å². The fourth-order valence-electron chi connectivity index (χ4n) is 7.59. The van der Waals surface area contributed by atoms with Crippen LogP contribution in [0.1, 0.15) is 0 Å². The molecule has 2 nitrogen and oxygen atoms in total. The Hall–Kier alpha value is -6.38. The maximum absolute atomic E-state index is 6.51. The van der Waals surface area contributed by atoms with Crippen molar-refractivity contribution >= 4 is 54.5 Å². The van der Waals surface area contributed by atoms with Crippen molar-refractivity contribution in [3.8, 4) is 39.1 Å². The van der Waals surface area contributed by atoms with Gasteiger partial charge in [0.15, 0.2) is 0 Å². The largest absolute Gasteiger partial charge is 0.455 e. The summed E-state index contributed by atoms with van der Waals surface area (Å²) >= 11 is 0. The molecule has 2 heteroatoms. The highest BCUT2D eigenvalue weighted by molar-refractivity contribution is 6.13. The summed E-state index contributed by atoms with van der Waals surface area (Å²) in [5.74, 6) is 0. The van der Waals surface area contributed by atoms with Crippen LogP contribution < -0.4 is 0 Å². The Bertz CT molecular complexity index is 2850. The first-order valence-electron chi connectivity index (χ1n) is 16.4. The van der Waals surface area contributed by atoms with E-state index in [-0.39, 0.29) is 0 Å². The molecular formula is C46H29NO. The van der Waals surface area contributed by atoms with Crippen LogP contribution in [0.4, 0.5) is 0 Å². The Morgan fingerprint density at radius 2 is 0.958 bits per heavy atom. The lowest BCUT2D eigenvalue weighted by atomic mass is 9.92. The average molecular weight is 612 g/mol. The minimum Gasteiger partial charge on any atom is -0.455 e. The molecule has 0 atom stereocenters. The lowest BCUT2D eigenvalue weighted by Crippen LogP contribution is -1.98. The fourth-order valence-corrected chi connectivity index (χ4v) is 7.59. The van der Waals surface area contributed by atoms with Crippen molar-refractivity contribution in [3.63, 3.8) is 0 Å². The Labute approximate surface area is 277 Å². The van der Waals surface area contributed by atoms with E-state index in [1.807, 2.05) is 12.1 Å². The zero-order valence-electron chi connectivity index (χ0n) is 26.1. The molecule has 2 aromatic heterocycles. The first-order chi connectivity index (χ1) is 23.8. The highest BCUT2D eigenvalue weighted by atomic mass is 16.3. The zero-order valence-corrected chi connectivity index (χ0v) is 26.1. The molecule has 0 aliphatic heterocycles. The molecule has 0 N–H and O–H groups in total. The van der Waals surface area contributed by atoms with Crippen molar-refractivity contribution in [2.45, 2.75) is 0 Å². The first-order valence-corrected chi connectivity index (χ1v) is 16.4. The average Bonchev–Trinajstić information content (AvgIpc) is 3.70. The van der Waals surface area contributed by atoms with Gasteiger partial charge >= 0.3 is 0 Å². The third-order valence-corrected chi connectivity index (χ3v) is 9.81. The second-order valence-corrected chi connectivity index (χ2v) is 12.5. The van der Waals surface area contributed by atoms with Crippen molar-refractivity contribution in [1.82, 2.24) is 4.57 Å². The van der Waals surface area contributed by atoms with Gasteiger partial charge in [-0.25, -0.2) is 0 Å². The number of hydrogen-bond acceptors (Lipinski definition) is 1. The molecule has 0 radical (unpaired) electrons. The topological polar surface area (TPSA) is 18.1 Å². The molecule has 48 heavy (non-hydrogen) atoms. The van der Waals surface area contributed by atoms with Crippen molar-refractivity contribution in [3.05, 3.63) is 176 Å². The van der Waals surface area contributed by atoms with Crippen LogP contribution in [0.5, 0.6) is 0 Å². The van der Waals surface area contributed by atoms with Crippen LogP contribution in [0.2, 0.25) is 0 Å². The molecule has 2 heterocycles. The molecule has 10 aromatic rings. The van der Waals surface area contributed by atoms with E-state index in [2.05, 4.69) is 168 Å². The minimum absolute atomic E-state index is 0.908. The van der Waals surface area contributed by atoms with E-state index in [1.54, 1.807) is 0 Å². The van der Waals surface area contributed by atoms with Gasteiger partial charge in [0.05, 0.1) is 16.7 Å². The summed E-state index contributed by atoms with van der Waals surface area (Å²) in [4.78, 5) is 0. The highest BCUT2D eigenvalue weighted by Crippen LogP contribution is 2.43. The summed E-state index contributed by atoms with van der Waals surface area (Å²) in [5, 5.41) is 7.27. The Morgan fingerprint density at radius 1 is 0.354 bits per heavy atom. The monoisotopic (exact) mass is 611 g/mol. The zero-order chi connectivity index (χ0) is 31.6. The smallest absolute Gasteiger partial charge is 0.143 e. The number of para-hydroxylation sites is 4. The second-order valence-electron chi connectivity index (χ2n) is 12.5. The number of aromatic nitrogens is 1. The molecule has 0 amide bonds. The van der Waals surface area contributed by atoms with Gasteiger partial charge in [-0.2, -0.15) is 0 Å². The molecule has 0 fully saturated rings. The van der Waals surface area contributed by atoms with Crippen LogP contribution in [0.15, 0.2) is 180 Å². The van der Waals surface area contributed by atoms with E-state index in [9.17, 15) is 0 Å². The molecule has 0 aliphatic carbocycles. The van der Waals surface area contributed by atoms with E-state index in [1.165, 1.54) is 54.8 Å². The quantitative estimate of drug-likeness (QED) is 0.194. The van der Waals surface area contributed by atoms with Gasteiger partial charge in [-0.05, 0) is 69.4 Å². The molecule has 8 aromatic carbocycles. The van der Waals surface area contributed by atoms with Gasteiger partial charge in [0.1, 0.15) is 11.2 Å². The van der Waals surface area contributed by atoms with E-state index in [0.717, 1.165) is 38.8 Å². The van der Waals surface area contributed by atoms with Crippen LogP contribution in [-0.2, 0) is 0 Å². The number of nitrogens with zero attached hydrogens (tertiary/aromatic N) is 1. The van der Waals surface area contributed by atoms with Gasteiger partial charge in [0, 0.05) is 32.7 Å². The number of fused-ring (bicyclic) bond motifs is 7. The summed E-state index contributed by atoms with van der Waals surface area (Å²) in [6.45, 7) is 0. The Morgan fingerprint density at radius 3 is 1.85 bits per heavy atom. The van der Waals surface area contributed by atoms with Crippen LogP contribution in [0.3, 0.4) is 0 Å². The molecule has 0 spiro atoms. The van der Waals surface area contributed by atoms with E-state index in [4.69, 9.17) is 4.42 Å². The predicted octanol–water partition coefficient (Wildman–Crippen LogP) is 12.8. The van der Waals surface area contributed by atoms with Gasteiger partial charge in [-0.1, -0.05) is 140 Å². The van der Waals surface area contributed by atoms with Crippen LogP contribution in [0, 0.1) is 0 Å². The number of benzene rings is 8. The lowest BCUT2D eigenvalue weighted by molar-refractivity contribution is 0.670. The van der Waals surface area contributed by atoms with Crippen LogP contribution >= 0.6 is 0 Å². The summed E-state index contributed by atoms with van der Waals surface area (Å²) in [6.07, 6.45) is 0. The first kappa shape index (κ1) is 26.8. The third-order valence-electron chi connectivity index (χ3n) is 9.81. The second kappa shape index (κ2) is 10.6. The van der Waals surface area contributed by atoms with Gasteiger partial charge in [0.2, 0.25) is 0 Å². The Balaban J connectivity index is 1.19. The van der Waals surface area contributed by atoms with Crippen molar-refractivity contribution in [1.29, 1.82) is 0 Å². The molecule has 0 saturated carbocycles. The summed E-state index contributed by atoms with van der Waals surface area (Å²) in [7, 11) is 0. The molecule has 224 valence electrons. The Kier molecular flexibility index (Phi) is 5.91. The molecule has 0 bridgehead atoms. The number of rotatable bonds is 4. The maximum atomic E-state index is 6.51. The molecular weight excluding hydrogens is 583 g/mol. The van der Waals surface area contributed by atoms with Gasteiger partial charge in [0.25, 0.3) is 0 Å². The fraction of sp³-hybridized carbons (Fsp3) is 0.